The molecular formula is C19H22FNO. The van der Waals surface area contributed by atoms with E-state index in [0.717, 1.165) is 5.56 Å². The van der Waals surface area contributed by atoms with Crippen molar-refractivity contribution in [2.75, 3.05) is 7.05 Å². The first kappa shape index (κ1) is 16.2. The lowest BCUT2D eigenvalue weighted by Crippen LogP contribution is -2.30. The molecular weight excluding hydrogens is 277 g/mol. The van der Waals surface area contributed by atoms with E-state index in [4.69, 9.17) is 0 Å². The number of carbonyl (C=O) groups is 1. The first-order chi connectivity index (χ1) is 10.5. The van der Waals surface area contributed by atoms with Crippen molar-refractivity contribution in [2.45, 2.75) is 32.2 Å². The highest BCUT2D eigenvalue weighted by Gasteiger charge is 2.20. The molecule has 2 aromatic carbocycles. The predicted molar refractivity (Wildman–Crippen MR) is 87.1 cm³/mol. The maximum absolute atomic E-state index is 13.0. The molecule has 2 aromatic rings. The van der Waals surface area contributed by atoms with E-state index in [-0.39, 0.29) is 23.7 Å². The van der Waals surface area contributed by atoms with Crippen molar-refractivity contribution in [3.05, 3.63) is 71.5 Å². The second-order valence-electron chi connectivity index (χ2n) is 5.75. The van der Waals surface area contributed by atoms with Gasteiger partial charge in [0.05, 0.1) is 6.04 Å². The van der Waals surface area contributed by atoms with E-state index < -0.39 is 0 Å². The molecule has 0 radical (unpaired) electrons. The summed E-state index contributed by atoms with van der Waals surface area (Å²) in [5, 5.41) is 0. The number of carbonyl (C=O) groups excluding carboxylic acids is 1. The Morgan fingerprint density at radius 3 is 2.18 bits per heavy atom. The number of hydrogen-bond donors (Lipinski definition) is 0. The van der Waals surface area contributed by atoms with E-state index >= 15 is 0 Å². The first-order valence-electron chi connectivity index (χ1n) is 7.55. The summed E-state index contributed by atoms with van der Waals surface area (Å²) in [5.74, 6) is 0.00683. The van der Waals surface area contributed by atoms with Gasteiger partial charge in [-0.3, -0.25) is 4.79 Å². The van der Waals surface area contributed by atoms with Crippen LogP contribution in [0.3, 0.4) is 0 Å². The van der Waals surface area contributed by atoms with E-state index in [1.54, 1.807) is 24.1 Å². The number of hydrogen-bond acceptors (Lipinski definition) is 1. The Morgan fingerprint density at radius 1 is 1.00 bits per heavy atom. The molecule has 2 unspecified atom stereocenters. The lowest BCUT2D eigenvalue weighted by molar-refractivity contribution is -0.132. The molecule has 0 N–H and O–H groups in total. The van der Waals surface area contributed by atoms with Crippen molar-refractivity contribution in [3.63, 3.8) is 0 Å². The van der Waals surface area contributed by atoms with Crippen molar-refractivity contribution >= 4 is 5.91 Å². The Bertz CT molecular complexity index is 609. The normalized spacial score (nSPS) is 13.5. The molecule has 0 fully saturated rings. The smallest absolute Gasteiger partial charge is 0.223 e. The van der Waals surface area contributed by atoms with Gasteiger partial charge < -0.3 is 4.90 Å². The van der Waals surface area contributed by atoms with Gasteiger partial charge in [0.15, 0.2) is 0 Å². The molecule has 3 heteroatoms. The molecule has 0 aliphatic carbocycles. The van der Waals surface area contributed by atoms with E-state index in [9.17, 15) is 9.18 Å². The largest absolute Gasteiger partial charge is 0.339 e. The Kier molecular flexibility index (Phi) is 5.31. The number of nitrogens with zero attached hydrogens (tertiary/aromatic N) is 1. The third-order valence-corrected chi connectivity index (χ3v) is 4.18. The molecule has 0 aromatic heterocycles. The number of benzene rings is 2. The first-order valence-corrected chi connectivity index (χ1v) is 7.55. The average molecular weight is 299 g/mol. The maximum Gasteiger partial charge on any atom is 0.223 e. The molecule has 0 spiro atoms. The summed E-state index contributed by atoms with van der Waals surface area (Å²) >= 11 is 0. The van der Waals surface area contributed by atoms with Gasteiger partial charge in [-0.25, -0.2) is 4.39 Å². The van der Waals surface area contributed by atoms with E-state index in [0.29, 0.717) is 6.42 Å². The minimum Gasteiger partial charge on any atom is -0.339 e. The predicted octanol–water partition coefficient (Wildman–Crippen LogP) is 4.54. The van der Waals surface area contributed by atoms with Crippen LogP contribution in [0.1, 0.15) is 43.4 Å². The monoisotopic (exact) mass is 299 g/mol. The molecule has 0 aliphatic heterocycles. The van der Waals surface area contributed by atoms with Crippen LogP contribution in [0.25, 0.3) is 0 Å². The standard InChI is InChI=1S/C19H22FNO/c1-14(16-7-5-4-6-8-16)13-19(22)21(3)15(2)17-9-11-18(20)12-10-17/h4-12,14-15H,13H2,1-3H3. The SMILES string of the molecule is CC(CC(=O)N(C)C(C)c1ccc(F)cc1)c1ccccc1. The lowest BCUT2D eigenvalue weighted by Gasteiger charge is -2.26. The Labute approximate surface area is 131 Å². The molecule has 0 aliphatic rings. The Balaban J connectivity index is 2.01. The highest BCUT2D eigenvalue weighted by Crippen LogP contribution is 2.24. The Hall–Kier alpha value is -2.16. The van der Waals surface area contributed by atoms with Crippen LogP contribution in [0.15, 0.2) is 54.6 Å². The fraction of sp³-hybridized carbons (Fsp3) is 0.316. The summed E-state index contributed by atoms with van der Waals surface area (Å²) < 4.78 is 13.0. The van der Waals surface area contributed by atoms with Crippen LogP contribution >= 0.6 is 0 Å². The summed E-state index contributed by atoms with van der Waals surface area (Å²) in [6.45, 7) is 4.02. The molecule has 2 nitrogen and oxygen atoms in total. The second-order valence-corrected chi connectivity index (χ2v) is 5.75. The molecule has 116 valence electrons. The van der Waals surface area contributed by atoms with Crippen LogP contribution in [0.5, 0.6) is 0 Å². The lowest BCUT2D eigenvalue weighted by atomic mass is 9.96. The van der Waals surface area contributed by atoms with E-state index in [1.165, 1.54) is 17.7 Å². The fourth-order valence-electron chi connectivity index (χ4n) is 2.49. The fourth-order valence-corrected chi connectivity index (χ4v) is 2.49. The maximum atomic E-state index is 13.0. The topological polar surface area (TPSA) is 20.3 Å². The van der Waals surface area contributed by atoms with Crippen molar-refractivity contribution in [1.29, 1.82) is 0 Å². The van der Waals surface area contributed by atoms with E-state index in [1.807, 2.05) is 37.3 Å². The molecule has 0 saturated carbocycles. The molecule has 22 heavy (non-hydrogen) atoms. The average Bonchev–Trinajstić information content (AvgIpc) is 2.55. The van der Waals surface area contributed by atoms with Gasteiger partial charge in [-0.1, -0.05) is 49.4 Å². The van der Waals surface area contributed by atoms with Gasteiger partial charge in [0.2, 0.25) is 5.91 Å². The number of rotatable bonds is 5. The second kappa shape index (κ2) is 7.21. The molecule has 2 rings (SSSR count). The van der Waals surface area contributed by atoms with Crippen molar-refractivity contribution in [3.8, 4) is 0 Å². The summed E-state index contributed by atoms with van der Waals surface area (Å²) in [7, 11) is 1.80. The summed E-state index contributed by atoms with van der Waals surface area (Å²) in [6.07, 6.45) is 0.464. The molecule has 0 saturated heterocycles. The summed E-state index contributed by atoms with van der Waals surface area (Å²) in [4.78, 5) is 14.2. The molecule has 0 bridgehead atoms. The Morgan fingerprint density at radius 2 is 1.59 bits per heavy atom. The van der Waals surface area contributed by atoms with Gasteiger partial charge in [0.25, 0.3) is 0 Å². The third kappa shape index (κ3) is 3.94. The summed E-state index contributed by atoms with van der Waals surface area (Å²) in [6, 6.07) is 16.3. The van der Waals surface area contributed by atoms with Gasteiger partial charge in [-0.2, -0.15) is 0 Å². The minimum absolute atomic E-state index is 0.0731. The zero-order valence-corrected chi connectivity index (χ0v) is 13.3. The van der Waals surface area contributed by atoms with Gasteiger partial charge in [0.1, 0.15) is 5.82 Å². The van der Waals surface area contributed by atoms with Gasteiger partial charge in [0, 0.05) is 13.5 Å². The quantitative estimate of drug-likeness (QED) is 0.794. The van der Waals surface area contributed by atoms with Crippen LogP contribution in [-0.4, -0.2) is 17.9 Å². The van der Waals surface area contributed by atoms with Crippen LogP contribution in [0, 0.1) is 5.82 Å². The van der Waals surface area contributed by atoms with Crippen molar-refractivity contribution in [2.24, 2.45) is 0 Å². The highest BCUT2D eigenvalue weighted by atomic mass is 19.1. The van der Waals surface area contributed by atoms with Gasteiger partial charge >= 0.3 is 0 Å². The third-order valence-electron chi connectivity index (χ3n) is 4.18. The van der Waals surface area contributed by atoms with Crippen LogP contribution in [0.2, 0.25) is 0 Å². The molecule has 2 atom stereocenters. The number of amides is 1. The number of halogens is 1. The molecule has 1 amide bonds. The van der Waals surface area contributed by atoms with Crippen LogP contribution in [-0.2, 0) is 4.79 Å². The van der Waals surface area contributed by atoms with Gasteiger partial charge in [-0.15, -0.1) is 0 Å². The van der Waals surface area contributed by atoms with Crippen molar-refractivity contribution < 1.29 is 9.18 Å². The van der Waals surface area contributed by atoms with Gasteiger partial charge in [-0.05, 0) is 36.1 Å². The van der Waals surface area contributed by atoms with Crippen LogP contribution in [0.4, 0.5) is 4.39 Å². The van der Waals surface area contributed by atoms with E-state index in [2.05, 4.69) is 6.92 Å². The summed E-state index contributed by atoms with van der Waals surface area (Å²) in [5.41, 5.74) is 2.10. The zero-order chi connectivity index (χ0) is 16.1. The highest BCUT2D eigenvalue weighted by molar-refractivity contribution is 5.77. The van der Waals surface area contributed by atoms with Crippen LogP contribution < -0.4 is 0 Å². The van der Waals surface area contributed by atoms with Crippen molar-refractivity contribution in [1.82, 2.24) is 4.90 Å². The zero-order valence-electron chi connectivity index (χ0n) is 13.3. The molecule has 0 heterocycles. The minimum atomic E-state index is -0.261.